The molecule has 114 valence electrons. The fraction of sp³-hybridized carbons (Fsp3) is 0.846. The maximum atomic E-state index is 11.9. The van der Waals surface area contributed by atoms with Gasteiger partial charge in [0, 0.05) is 18.6 Å². The van der Waals surface area contributed by atoms with Crippen LogP contribution in [0.4, 0.5) is 0 Å². The van der Waals surface area contributed by atoms with Crippen LogP contribution in [0, 0.1) is 5.92 Å². The zero-order chi connectivity index (χ0) is 15.6. The molecule has 1 rings (SSSR count). The average Bonchev–Trinajstić information content (AvgIpc) is 2.51. The molecule has 0 radical (unpaired) electrons. The van der Waals surface area contributed by atoms with Crippen molar-refractivity contribution in [3.63, 3.8) is 0 Å². The Kier molecular flexibility index (Phi) is 5.69. The lowest BCUT2D eigenvalue weighted by Crippen LogP contribution is -2.41. The minimum atomic E-state index is -0.434. The van der Waals surface area contributed by atoms with E-state index in [0.717, 1.165) is 11.8 Å². The van der Waals surface area contributed by atoms with Crippen molar-refractivity contribution < 1.29 is 18.9 Å². The molecule has 1 aliphatic heterocycles. The van der Waals surface area contributed by atoms with Crippen LogP contribution in [0.3, 0.4) is 0 Å². The molecule has 1 aliphatic rings. The second-order valence-corrected chi connectivity index (χ2v) is 7.33. The molecule has 1 heterocycles. The number of amides is 1. The highest BCUT2D eigenvalue weighted by atomic mass is 32.2. The third-order valence-corrected chi connectivity index (χ3v) is 4.80. The van der Waals surface area contributed by atoms with E-state index in [1.807, 2.05) is 27.7 Å². The first kappa shape index (κ1) is 17.5. The summed E-state index contributed by atoms with van der Waals surface area (Å²) in [5.41, 5.74) is -0.781. The van der Waals surface area contributed by atoms with Gasteiger partial charge in [0.05, 0.1) is 17.6 Å². The van der Waals surface area contributed by atoms with E-state index in [-0.39, 0.29) is 16.9 Å². The third kappa shape index (κ3) is 4.50. The Morgan fingerprint density at radius 1 is 1.20 bits per heavy atom. The molecular weight excluding hydrogens is 277 g/mol. The zero-order valence-electron chi connectivity index (χ0n) is 13.1. The molecule has 20 heavy (non-hydrogen) atoms. The van der Waals surface area contributed by atoms with Crippen molar-refractivity contribution in [3.05, 3.63) is 0 Å². The van der Waals surface area contributed by atoms with Crippen LogP contribution in [0.15, 0.2) is 0 Å². The SMILES string of the molecule is CC(=O)SC[C@@H](C)C(=O)NCB1OC(C)(C)C(C)(C)O1. The monoisotopic (exact) mass is 301 g/mol. The molecule has 1 N–H and O–H groups in total. The fourth-order valence-corrected chi connectivity index (χ4v) is 2.36. The molecule has 0 aromatic carbocycles. The minimum absolute atomic E-state index is 0.0237. The second-order valence-electron chi connectivity index (χ2n) is 6.13. The van der Waals surface area contributed by atoms with Gasteiger partial charge in [-0.05, 0) is 27.7 Å². The fourth-order valence-electron chi connectivity index (χ4n) is 1.72. The first-order valence-corrected chi connectivity index (χ1v) is 7.80. The van der Waals surface area contributed by atoms with Gasteiger partial charge >= 0.3 is 7.12 Å². The topological polar surface area (TPSA) is 64.6 Å². The van der Waals surface area contributed by atoms with Crippen molar-refractivity contribution in [2.24, 2.45) is 5.92 Å². The van der Waals surface area contributed by atoms with Crippen LogP contribution in [-0.4, -0.2) is 41.5 Å². The van der Waals surface area contributed by atoms with E-state index >= 15 is 0 Å². The molecule has 1 saturated heterocycles. The number of thioether (sulfide) groups is 1. The van der Waals surface area contributed by atoms with Crippen LogP contribution in [0.25, 0.3) is 0 Å². The van der Waals surface area contributed by atoms with Crippen molar-refractivity contribution in [2.75, 3.05) is 12.2 Å². The van der Waals surface area contributed by atoms with Crippen LogP contribution in [0.1, 0.15) is 41.5 Å². The Hall–Kier alpha value is -0.525. The summed E-state index contributed by atoms with van der Waals surface area (Å²) in [4.78, 5) is 22.8. The summed E-state index contributed by atoms with van der Waals surface area (Å²) in [5, 5.41) is 2.83. The van der Waals surface area contributed by atoms with E-state index in [9.17, 15) is 9.59 Å². The predicted molar refractivity (Wildman–Crippen MR) is 81.4 cm³/mol. The van der Waals surface area contributed by atoms with Gasteiger partial charge in [-0.15, -0.1) is 0 Å². The maximum absolute atomic E-state index is 11.9. The summed E-state index contributed by atoms with van der Waals surface area (Å²) in [6, 6.07) is 0. The van der Waals surface area contributed by atoms with E-state index in [4.69, 9.17) is 9.31 Å². The molecule has 0 aromatic rings. The molecule has 0 spiro atoms. The number of rotatable bonds is 5. The van der Waals surface area contributed by atoms with Gasteiger partial charge < -0.3 is 14.6 Å². The Bertz CT molecular complexity index is 371. The van der Waals surface area contributed by atoms with E-state index in [2.05, 4.69) is 5.32 Å². The Morgan fingerprint density at radius 2 is 1.70 bits per heavy atom. The molecule has 7 heteroatoms. The highest BCUT2D eigenvalue weighted by Crippen LogP contribution is 2.36. The molecule has 0 saturated carbocycles. The van der Waals surface area contributed by atoms with E-state index < -0.39 is 18.3 Å². The molecular formula is C13H24BNO4S. The van der Waals surface area contributed by atoms with Crippen molar-refractivity contribution in [1.82, 2.24) is 5.32 Å². The normalized spacial score (nSPS) is 21.6. The number of carbonyl (C=O) groups excluding carboxylic acids is 2. The van der Waals surface area contributed by atoms with E-state index in [1.54, 1.807) is 6.92 Å². The van der Waals surface area contributed by atoms with Crippen molar-refractivity contribution in [2.45, 2.75) is 52.7 Å². The average molecular weight is 301 g/mol. The molecule has 1 fully saturated rings. The standard InChI is InChI=1S/C13H24BNO4S/c1-9(7-20-10(2)16)11(17)15-8-14-18-12(3,4)13(5,6)19-14/h9H,7-8H2,1-6H3,(H,15,17)/t9-/m1/s1. The molecule has 0 aromatic heterocycles. The largest absolute Gasteiger partial charge is 0.478 e. The zero-order valence-corrected chi connectivity index (χ0v) is 13.9. The quantitative estimate of drug-likeness (QED) is 0.782. The van der Waals surface area contributed by atoms with Gasteiger partial charge in [0.2, 0.25) is 5.91 Å². The van der Waals surface area contributed by atoms with Gasteiger partial charge in [-0.1, -0.05) is 18.7 Å². The lowest BCUT2D eigenvalue weighted by atomic mass is 9.90. The molecule has 1 amide bonds. The summed E-state index contributed by atoms with van der Waals surface area (Å²) in [6.45, 7) is 11.2. The Morgan fingerprint density at radius 3 is 2.15 bits per heavy atom. The minimum Gasteiger partial charge on any atom is -0.402 e. The second kappa shape index (κ2) is 6.49. The van der Waals surface area contributed by atoms with Gasteiger partial charge in [0.1, 0.15) is 0 Å². The molecule has 5 nitrogen and oxygen atoms in total. The highest BCUT2D eigenvalue weighted by Gasteiger charge is 2.50. The van der Waals surface area contributed by atoms with E-state index in [1.165, 1.54) is 6.92 Å². The molecule has 0 unspecified atom stereocenters. The summed E-state index contributed by atoms with van der Waals surface area (Å²) in [7, 11) is -0.434. The van der Waals surface area contributed by atoms with Crippen LogP contribution >= 0.6 is 11.8 Å². The summed E-state index contributed by atoms with van der Waals surface area (Å²) >= 11 is 1.16. The van der Waals surface area contributed by atoms with Crippen LogP contribution in [-0.2, 0) is 18.9 Å². The number of hydrogen-bond donors (Lipinski definition) is 1. The first-order chi connectivity index (χ1) is 9.05. The number of nitrogens with one attached hydrogen (secondary N) is 1. The van der Waals surface area contributed by atoms with Gasteiger partial charge in [0.25, 0.3) is 0 Å². The van der Waals surface area contributed by atoms with Gasteiger partial charge in [0.15, 0.2) is 5.12 Å². The number of carbonyl (C=O) groups is 2. The van der Waals surface area contributed by atoms with Crippen molar-refractivity contribution in [1.29, 1.82) is 0 Å². The molecule has 1 atom stereocenters. The van der Waals surface area contributed by atoms with Gasteiger partial charge in [-0.25, -0.2) is 0 Å². The summed E-state index contributed by atoms with van der Waals surface area (Å²) < 4.78 is 11.6. The van der Waals surface area contributed by atoms with Crippen LogP contribution < -0.4 is 5.32 Å². The third-order valence-electron chi connectivity index (χ3n) is 3.73. The van der Waals surface area contributed by atoms with E-state index in [0.29, 0.717) is 12.2 Å². The summed E-state index contributed by atoms with van der Waals surface area (Å²) in [5.74, 6) is 0.185. The lowest BCUT2D eigenvalue weighted by Gasteiger charge is -2.32. The molecule has 0 aliphatic carbocycles. The van der Waals surface area contributed by atoms with Crippen LogP contribution in [0.2, 0.25) is 0 Å². The van der Waals surface area contributed by atoms with Crippen molar-refractivity contribution >= 4 is 29.9 Å². The maximum Gasteiger partial charge on any atom is 0.478 e. The highest BCUT2D eigenvalue weighted by molar-refractivity contribution is 8.13. The predicted octanol–water partition coefficient (Wildman–Crippen LogP) is 1.65. The Labute approximate surface area is 125 Å². The lowest BCUT2D eigenvalue weighted by molar-refractivity contribution is -0.123. The van der Waals surface area contributed by atoms with Crippen molar-refractivity contribution in [3.8, 4) is 0 Å². The smallest absolute Gasteiger partial charge is 0.402 e. The molecule has 0 bridgehead atoms. The van der Waals surface area contributed by atoms with Crippen LogP contribution in [0.5, 0.6) is 0 Å². The summed E-state index contributed by atoms with van der Waals surface area (Å²) in [6.07, 6.45) is 0.320. The number of hydrogen-bond acceptors (Lipinski definition) is 5. The first-order valence-electron chi connectivity index (χ1n) is 6.82. The van der Waals surface area contributed by atoms with Gasteiger partial charge in [-0.3, -0.25) is 9.59 Å². The Balaban J connectivity index is 2.37. The van der Waals surface area contributed by atoms with Gasteiger partial charge in [-0.2, -0.15) is 0 Å².